The van der Waals surface area contributed by atoms with E-state index in [1.807, 2.05) is 0 Å². The third-order valence-electron chi connectivity index (χ3n) is 3.32. The number of carbonyl (C=O) groups excluding carboxylic acids is 3. The molecule has 0 saturated carbocycles. The van der Waals surface area contributed by atoms with E-state index in [1.54, 1.807) is 0 Å². The Kier molecular flexibility index (Phi) is 5.91. The van der Waals surface area contributed by atoms with Gasteiger partial charge in [-0.25, -0.2) is 0 Å². The molecule has 9 heteroatoms. The van der Waals surface area contributed by atoms with Crippen LogP contribution in [0.1, 0.15) is 20.8 Å². The summed E-state index contributed by atoms with van der Waals surface area (Å²) >= 11 is 0. The lowest BCUT2D eigenvalue weighted by atomic mass is 10.1. The minimum absolute atomic E-state index is 0.225. The van der Waals surface area contributed by atoms with Crippen LogP contribution < -0.4 is 0 Å². The number of rotatable bonds is 5. The average molecular weight is 332 g/mol. The van der Waals surface area contributed by atoms with Gasteiger partial charge in [-0.15, -0.1) is 0 Å². The third kappa shape index (κ3) is 4.63. The second kappa shape index (κ2) is 7.71. The summed E-state index contributed by atoms with van der Waals surface area (Å²) in [6, 6.07) is 0. The Balaban J connectivity index is 2.16. The van der Waals surface area contributed by atoms with Crippen molar-refractivity contribution in [3.8, 4) is 0 Å². The van der Waals surface area contributed by atoms with Crippen LogP contribution in [0.3, 0.4) is 0 Å². The van der Waals surface area contributed by atoms with E-state index < -0.39 is 48.6 Å². The highest BCUT2D eigenvalue weighted by Gasteiger charge is 2.53. The van der Waals surface area contributed by atoms with Gasteiger partial charge in [0.1, 0.15) is 18.8 Å². The maximum atomic E-state index is 11.4. The highest BCUT2D eigenvalue weighted by atomic mass is 16.8. The summed E-state index contributed by atoms with van der Waals surface area (Å²) in [6.07, 6.45) is -4.02. The molecule has 2 saturated heterocycles. The summed E-state index contributed by atoms with van der Waals surface area (Å²) in [5.41, 5.74) is 0. The standard InChI is InChI=1S/C14H20O9/c1-7(15)20-6-10(21-8(2)16)11-12(22-9(3)17)13-14(23-11)19-5-4-18-13/h10-14H,4-6H2,1-3H3. The van der Waals surface area contributed by atoms with Crippen LogP contribution in [0, 0.1) is 0 Å². The number of hydrogen-bond acceptors (Lipinski definition) is 9. The first kappa shape index (κ1) is 17.6. The topological polar surface area (TPSA) is 107 Å². The second-order valence-electron chi connectivity index (χ2n) is 5.20. The lowest BCUT2D eigenvalue weighted by Crippen LogP contribution is -2.47. The molecule has 0 bridgehead atoms. The van der Waals surface area contributed by atoms with Crippen molar-refractivity contribution in [1.29, 1.82) is 0 Å². The minimum atomic E-state index is -0.946. The first-order chi connectivity index (χ1) is 10.9. The summed E-state index contributed by atoms with van der Waals surface area (Å²) in [6.45, 7) is 4.14. The molecule has 0 radical (unpaired) electrons. The van der Waals surface area contributed by atoms with Gasteiger partial charge in [0.2, 0.25) is 0 Å². The van der Waals surface area contributed by atoms with Crippen LogP contribution in [0.2, 0.25) is 0 Å². The number of esters is 3. The van der Waals surface area contributed by atoms with Crippen molar-refractivity contribution in [3.05, 3.63) is 0 Å². The van der Waals surface area contributed by atoms with Crippen molar-refractivity contribution >= 4 is 17.9 Å². The first-order valence-electron chi connectivity index (χ1n) is 7.25. The van der Waals surface area contributed by atoms with E-state index in [0.29, 0.717) is 13.2 Å². The van der Waals surface area contributed by atoms with Crippen molar-refractivity contribution in [3.63, 3.8) is 0 Å². The molecule has 9 nitrogen and oxygen atoms in total. The smallest absolute Gasteiger partial charge is 0.303 e. The minimum Gasteiger partial charge on any atom is -0.462 e. The van der Waals surface area contributed by atoms with Gasteiger partial charge in [-0.1, -0.05) is 0 Å². The van der Waals surface area contributed by atoms with Gasteiger partial charge < -0.3 is 28.4 Å². The predicted molar refractivity (Wildman–Crippen MR) is 72.1 cm³/mol. The third-order valence-corrected chi connectivity index (χ3v) is 3.32. The Morgan fingerprint density at radius 2 is 1.74 bits per heavy atom. The molecule has 2 heterocycles. The molecule has 0 aromatic rings. The zero-order valence-electron chi connectivity index (χ0n) is 13.2. The molecule has 2 aliphatic heterocycles. The Bertz CT molecular complexity index is 463. The van der Waals surface area contributed by atoms with Crippen LogP contribution in [-0.2, 0) is 42.8 Å². The van der Waals surface area contributed by atoms with Crippen LogP contribution in [0.25, 0.3) is 0 Å². The highest BCUT2D eigenvalue weighted by Crippen LogP contribution is 2.32. The lowest BCUT2D eigenvalue weighted by molar-refractivity contribution is -0.228. The molecule has 2 fully saturated rings. The van der Waals surface area contributed by atoms with Gasteiger partial charge in [0.15, 0.2) is 18.5 Å². The molecule has 5 unspecified atom stereocenters. The summed E-state index contributed by atoms with van der Waals surface area (Å²) in [5.74, 6) is -1.65. The van der Waals surface area contributed by atoms with Crippen LogP contribution >= 0.6 is 0 Å². The molecule has 0 aromatic carbocycles. The zero-order valence-corrected chi connectivity index (χ0v) is 13.2. The van der Waals surface area contributed by atoms with E-state index in [-0.39, 0.29) is 6.61 Å². The van der Waals surface area contributed by atoms with E-state index in [9.17, 15) is 14.4 Å². The molecular formula is C14H20O9. The Hall–Kier alpha value is -1.71. The van der Waals surface area contributed by atoms with Crippen LogP contribution in [0.15, 0.2) is 0 Å². The maximum Gasteiger partial charge on any atom is 0.303 e. The molecular weight excluding hydrogens is 312 g/mol. The van der Waals surface area contributed by atoms with E-state index in [4.69, 9.17) is 28.4 Å². The van der Waals surface area contributed by atoms with Gasteiger partial charge in [-0.3, -0.25) is 14.4 Å². The van der Waals surface area contributed by atoms with Gasteiger partial charge in [-0.05, 0) is 0 Å². The molecule has 23 heavy (non-hydrogen) atoms. The zero-order chi connectivity index (χ0) is 17.0. The second-order valence-corrected chi connectivity index (χ2v) is 5.20. The lowest BCUT2D eigenvalue weighted by Gasteiger charge is -2.28. The first-order valence-corrected chi connectivity index (χ1v) is 7.25. The van der Waals surface area contributed by atoms with Crippen molar-refractivity contribution in [2.45, 2.75) is 51.5 Å². The maximum absolute atomic E-state index is 11.4. The van der Waals surface area contributed by atoms with Gasteiger partial charge in [0, 0.05) is 20.8 Å². The van der Waals surface area contributed by atoms with Crippen LogP contribution in [0.4, 0.5) is 0 Å². The van der Waals surface area contributed by atoms with E-state index >= 15 is 0 Å². The molecule has 130 valence electrons. The molecule has 0 amide bonds. The summed E-state index contributed by atoms with van der Waals surface area (Å²) in [7, 11) is 0. The van der Waals surface area contributed by atoms with Crippen molar-refractivity contribution in [1.82, 2.24) is 0 Å². The predicted octanol–water partition coefficient (Wildman–Crippen LogP) is -0.447. The Morgan fingerprint density at radius 3 is 2.35 bits per heavy atom. The SMILES string of the molecule is CC(=O)OCC(OC(C)=O)C1OC2OCCOC2C1OC(C)=O. The van der Waals surface area contributed by atoms with Crippen molar-refractivity contribution in [2.24, 2.45) is 0 Å². The fourth-order valence-corrected chi connectivity index (χ4v) is 2.54. The number of hydrogen-bond donors (Lipinski definition) is 0. The summed E-state index contributed by atoms with van der Waals surface area (Å²) in [5, 5.41) is 0. The average Bonchev–Trinajstić information content (AvgIpc) is 2.81. The van der Waals surface area contributed by atoms with Gasteiger partial charge in [0.05, 0.1) is 13.2 Å². The molecule has 0 spiro atoms. The van der Waals surface area contributed by atoms with Gasteiger partial charge in [-0.2, -0.15) is 0 Å². The summed E-state index contributed by atoms with van der Waals surface area (Å²) in [4.78, 5) is 33.7. The number of fused-ring (bicyclic) bond motifs is 1. The molecule has 0 aliphatic carbocycles. The van der Waals surface area contributed by atoms with E-state index in [2.05, 4.69) is 0 Å². The quantitative estimate of drug-likeness (QED) is 0.489. The Labute approximate surface area is 133 Å². The molecule has 0 N–H and O–H groups in total. The van der Waals surface area contributed by atoms with Gasteiger partial charge in [0.25, 0.3) is 0 Å². The fraction of sp³-hybridized carbons (Fsp3) is 0.786. The van der Waals surface area contributed by atoms with E-state index in [1.165, 1.54) is 20.8 Å². The van der Waals surface area contributed by atoms with Crippen molar-refractivity contribution in [2.75, 3.05) is 19.8 Å². The van der Waals surface area contributed by atoms with Crippen LogP contribution in [0.5, 0.6) is 0 Å². The monoisotopic (exact) mass is 332 g/mol. The number of ether oxygens (including phenoxy) is 6. The van der Waals surface area contributed by atoms with Crippen LogP contribution in [-0.4, -0.2) is 68.4 Å². The largest absolute Gasteiger partial charge is 0.462 e. The number of carbonyl (C=O) groups is 3. The molecule has 2 rings (SSSR count). The van der Waals surface area contributed by atoms with Crippen molar-refractivity contribution < 1.29 is 42.8 Å². The van der Waals surface area contributed by atoms with E-state index in [0.717, 1.165) is 0 Å². The van der Waals surface area contributed by atoms with Gasteiger partial charge >= 0.3 is 17.9 Å². The molecule has 2 aliphatic rings. The molecule has 5 atom stereocenters. The fourth-order valence-electron chi connectivity index (χ4n) is 2.54. The Morgan fingerprint density at radius 1 is 1.04 bits per heavy atom. The highest BCUT2D eigenvalue weighted by molar-refractivity contribution is 5.67. The normalized spacial score (nSPS) is 30.9. The summed E-state index contributed by atoms with van der Waals surface area (Å²) < 4.78 is 32.0. The molecule has 0 aromatic heterocycles.